The van der Waals surface area contributed by atoms with Crippen LogP contribution in [0.2, 0.25) is 0 Å². The number of nitrogen functional groups attached to an aromatic ring is 1. The number of nitrogens with one attached hydrogen (secondary N) is 1. The first-order valence-corrected chi connectivity index (χ1v) is 10.6. The van der Waals surface area contributed by atoms with E-state index < -0.39 is 32.3 Å². The fourth-order valence-corrected chi connectivity index (χ4v) is 4.73. The molecular formula is C20H21N2NaO5S. The van der Waals surface area contributed by atoms with E-state index in [4.69, 9.17) is 5.73 Å². The molecule has 0 heterocycles. The SMILES string of the molecule is Nc1c(S(=O)(=O)O)cc(NC2CCCCC2)c2c1C(=O)c1ccccc1C2=O.[H-].[Na+]. The Morgan fingerprint density at radius 3 is 2.10 bits per heavy atom. The largest absolute Gasteiger partial charge is 1.00 e. The van der Waals surface area contributed by atoms with E-state index in [1.165, 1.54) is 6.07 Å². The Morgan fingerprint density at radius 2 is 1.55 bits per heavy atom. The van der Waals surface area contributed by atoms with Gasteiger partial charge in [0.1, 0.15) is 4.90 Å². The van der Waals surface area contributed by atoms with E-state index in [-0.39, 0.29) is 65.0 Å². The molecule has 0 saturated heterocycles. The zero-order valence-corrected chi connectivity index (χ0v) is 18.9. The van der Waals surface area contributed by atoms with Crippen molar-refractivity contribution in [3.05, 3.63) is 52.6 Å². The molecule has 9 heteroatoms. The van der Waals surface area contributed by atoms with Crippen LogP contribution >= 0.6 is 0 Å². The Bertz CT molecular complexity index is 1110. The van der Waals surface area contributed by atoms with Crippen molar-refractivity contribution in [3.63, 3.8) is 0 Å². The Balaban J connectivity index is 0.00000160. The molecular weight excluding hydrogens is 403 g/mol. The third kappa shape index (κ3) is 3.87. The summed E-state index contributed by atoms with van der Waals surface area (Å²) in [5.41, 5.74) is 6.10. The Hall–Kier alpha value is -1.71. The average molecular weight is 424 g/mol. The van der Waals surface area contributed by atoms with Gasteiger partial charge in [0, 0.05) is 22.9 Å². The third-order valence-corrected chi connectivity index (χ3v) is 6.34. The predicted octanol–water partition coefficient (Wildman–Crippen LogP) is 0.152. The van der Waals surface area contributed by atoms with Gasteiger partial charge in [-0.25, -0.2) is 0 Å². The van der Waals surface area contributed by atoms with Gasteiger partial charge in [0.05, 0.1) is 16.8 Å². The van der Waals surface area contributed by atoms with Crippen LogP contribution in [0.15, 0.2) is 35.2 Å². The van der Waals surface area contributed by atoms with Crippen molar-refractivity contribution in [1.82, 2.24) is 0 Å². The first-order valence-electron chi connectivity index (χ1n) is 9.18. The molecule has 148 valence electrons. The molecule has 0 radical (unpaired) electrons. The zero-order chi connectivity index (χ0) is 20.1. The van der Waals surface area contributed by atoms with E-state index in [9.17, 15) is 22.6 Å². The second kappa shape index (κ2) is 8.20. The van der Waals surface area contributed by atoms with Crippen molar-refractivity contribution in [1.29, 1.82) is 0 Å². The van der Waals surface area contributed by atoms with Crippen LogP contribution in [0.3, 0.4) is 0 Å². The van der Waals surface area contributed by atoms with Gasteiger partial charge in [-0.3, -0.25) is 14.1 Å². The number of hydrogen-bond donors (Lipinski definition) is 3. The summed E-state index contributed by atoms with van der Waals surface area (Å²) < 4.78 is 33.4. The van der Waals surface area contributed by atoms with Gasteiger partial charge >= 0.3 is 29.6 Å². The van der Waals surface area contributed by atoms with Gasteiger partial charge in [0.2, 0.25) is 0 Å². The number of rotatable bonds is 3. The fraction of sp³-hybridized carbons (Fsp3) is 0.300. The summed E-state index contributed by atoms with van der Waals surface area (Å²) in [4.78, 5) is 25.7. The molecule has 0 spiro atoms. The predicted molar refractivity (Wildman–Crippen MR) is 106 cm³/mol. The molecule has 4 N–H and O–H groups in total. The molecule has 0 amide bonds. The Labute approximate surface area is 192 Å². The van der Waals surface area contributed by atoms with Gasteiger partial charge < -0.3 is 12.5 Å². The maximum Gasteiger partial charge on any atom is 1.00 e. The molecule has 0 aliphatic heterocycles. The van der Waals surface area contributed by atoms with E-state index in [2.05, 4.69) is 5.32 Å². The summed E-state index contributed by atoms with van der Waals surface area (Å²) in [7, 11) is -4.68. The topological polar surface area (TPSA) is 127 Å². The maximum atomic E-state index is 13.2. The first-order chi connectivity index (χ1) is 13.3. The van der Waals surface area contributed by atoms with Crippen LogP contribution < -0.4 is 40.6 Å². The molecule has 2 aliphatic carbocycles. The molecule has 0 bridgehead atoms. The molecule has 29 heavy (non-hydrogen) atoms. The first kappa shape index (κ1) is 22.0. The van der Waals surface area contributed by atoms with Crippen LogP contribution in [0.25, 0.3) is 0 Å². The van der Waals surface area contributed by atoms with Crippen molar-refractivity contribution < 1.29 is 53.5 Å². The number of anilines is 2. The molecule has 0 aromatic heterocycles. The molecule has 0 atom stereocenters. The quantitative estimate of drug-likeness (QED) is 0.310. The molecule has 7 nitrogen and oxygen atoms in total. The minimum atomic E-state index is -4.68. The fourth-order valence-electron chi connectivity index (χ4n) is 4.09. The summed E-state index contributed by atoms with van der Waals surface area (Å²) in [6.45, 7) is 0. The minimum Gasteiger partial charge on any atom is -1.00 e. The number of carbonyl (C=O) groups is 2. The number of ketones is 2. The second-order valence-corrected chi connectivity index (χ2v) is 8.63. The monoisotopic (exact) mass is 424 g/mol. The summed E-state index contributed by atoms with van der Waals surface area (Å²) in [5, 5.41) is 3.23. The molecule has 2 aromatic carbocycles. The standard InChI is InChI=1S/C20H20N2O5S.Na.H/c21-18-15(28(25,26)27)10-14(22-11-6-2-1-3-7-11)16-17(18)20(24)13-9-5-4-8-12(13)19(16)23;;/h4-5,8-11,22H,1-3,6-7,21H2,(H,25,26,27);;/q;+1;-1. The summed E-state index contributed by atoms with van der Waals surface area (Å²) in [6.07, 6.45) is 4.92. The molecule has 2 aliphatic rings. The number of carbonyl (C=O) groups excluding carboxylic acids is 2. The maximum absolute atomic E-state index is 13.2. The summed E-state index contributed by atoms with van der Waals surface area (Å²) in [5.74, 6) is -0.919. The molecule has 4 rings (SSSR count). The van der Waals surface area contributed by atoms with Crippen LogP contribution in [-0.2, 0) is 10.1 Å². The Morgan fingerprint density at radius 1 is 1.00 bits per heavy atom. The summed E-state index contributed by atoms with van der Waals surface area (Å²) in [6, 6.07) is 7.58. The normalized spacial score (nSPS) is 16.6. The van der Waals surface area contributed by atoms with E-state index in [0.29, 0.717) is 0 Å². The van der Waals surface area contributed by atoms with Gasteiger partial charge in [-0.2, -0.15) is 8.42 Å². The van der Waals surface area contributed by atoms with Gasteiger partial charge in [-0.15, -0.1) is 0 Å². The van der Waals surface area contributed by atoms with Crippen molar-refractivity contribution in [2.24, 2.45) is 0 Å². The number of hydrogen-bond acceptors (Lipinski definition) is 6. The number of nitrogens with two attached hydrogens (primary N) is 1. The van der Waals surface area contributed by atoms with Gasteiger partial charge in [-0.05, 0) is 18.9 Å². The van der Waals surface area contributed by atoms with E-state index in [0.717, 1.165) is 38.2 Å². The van der Waals surface area contributed by atoms with Crippen molar-refractivity contribution in [2.45, 2.75) is 43.0 Å². The van der Waals surface area contributed by atoms with Crippen molar-refractivity contribution in [3.8, 4) is 0 Å². The minimum absolute atomic E-state index is 0. The molecule has 1 fully saturated rings. The van der Waals surface area contributed by atoms with Crippen LogP contribution in [0, 0.1) is 0 Å². The molecule has 2 aromatic rings. The van der Waals surface area contributed by atoms with Gasteiger partial charge in [0.15, 0.2) is 11.6 Å². The van der Waals surface area contributed by atoms with E-state index in [1.807, 2.05) is 0 Å². The summed E-state index contributed by atoms with van der Waals surface area (Å²) >= 11 is 0. The smallest absolute Gasteiger partial charge is 1.00 e. The van der Waals surface area contributed by atoms with Crippen LogP contribution in [-0.4, -0.2) is 30.6 Å². The van der Waals surface area contributed by atoms with E-state index in [1.54, 1.807) is 18.2 Å². The number of fused-ring (bicyclic) bond motifs is 2. The third-order valence-electron chi connectivity index (χ3n) is 5.44. The molecule has 1 saturated carbocycles. The zero-order valence-electron chi connectivity index (χ0n) is 17.1. The van der Waals surface area contributed by atoms with Crippen LogP contribution in [0.4, 0.5) is 11.4 Å². The average Bonchev–Trinajstić information content (AvgIpc) is 2.67. The van der Waals surface area contributed by atoms with Crippen molar-refractivity contribution in [2.75, 3.05) is 11.1 Å². The molecule has 0 unspecified atom stereocenters. The Kier molecular flexibility index (Phi) is 6.21. The van der Waals surface area contributed by atoms with E-state index >= 15 is 0 Å². The van der Waals surface area contributed by atoms with Gasteiger partial charge in [0.25, 0.3) is 10.1 Å². The van der Waals surface area contributed by atoms with Crippen LogP contribution in [0.5, 0.6) is 0 Å². The second-order valence-electron chi connectivity index (χ2n) is 7.24. The number of benzene rings is 2. The van der Waals surface area contributed by atoms with Gasteiger partial charge in [-0.1, -0.05) is 43.5 Å². The van der Waals surface area contributed by atoms with Crippen molar-refractivity contribution >= 4 is 33.1 Å². The van der Waals surface area contributed by atoms with Crippen LogP contribution in [0.1, 0.15) is 65.4 Å².